The van der Waals surface area contributed by atoms with Gasteiger partial charge in [-0.15, -0.1) is 12.4 Å². The van der Waals surface area contributed by atoms with Gasteiger partial charge < -0.3 is 20.5 Å². The fourth-order valence-corrected chi connectivity index (χ4v) is 4.90. The average molecular weight is 395 g/mol. The van der Waals surface area contributed by atoms with Crippen LogP contribution >= 0.6 is 12.4 Å². The first kappa shape index (κ1) is 20.4. The third-order valence-electron chi connectivity index (χ3n) is 6.55. The smallest absolute Gasteiger partial charge is 0.229 e. The maximum atomic E-state index is 12.8. The lowest BCUT2D eigenvalue weighted by atomic mass is 9.84. The summed E-state index contributed by atoms with van der Waals surface area (Å²) in [7, 11) is 0. The summed E-state index contributed by atoms with van der Waals surface area (Å²) in [4.78, 5) is 12.8. The monoisotopic (exact) mass is 394 g/mol. The molecule has 4 unspecified atom stereocenters. The van der Waals surface area contributed by atoms with E-state index in [4.69, 9.17) is 15.2 Å². The molecule has 1 saturated heterocycles. The molecule has 4 atom stereocenters. The van der Waals surface area contributed by atoms with Crippen LogP contribution in [0.25, 0.3) is 0 Å². The molecule has 1 heterocycles. The summed E-state index contributed by atoms with van der Waals surface area (Å²) < 4.78 is 11.5. The number of aryl methyl sites for hydroxylation is 1. The van der Waals surface area contributed by atoms with Crippen molar-refractivity contribution in [2.45, 2.75) is 45.1 Å². The van der Waals surface area contributed by atoms with E-state index in [0.717, 1.165) is 55.9 Å². The Morgan fingerprint density at radius 1 is 1.22 bits per heavy atom. The molecule has 3 N–H and O–H groups in total. The normalized spacial score (nSPS) is 30.0. The first-order valence-corrected chi connectivity index (χ1v) is 9.99. The van der Waals surface area contributed by atoms with Crippen molar-refractivity contribution in [3.63, 3.8) is 0 Å². The van der Waals surface area contributed by atoms with Gasteiger partial charge in [0.15, 0.2) is 0 Å². The van der Waals surface area contributed by atoms with Crippen molar-refractivity contribution in [1.82, 2.24) is 0 Å². The molecule has 1 aliphatic heterocycles. The van der Waals surface area contributed by atoms with Crippen LogP contribution in [0.15, 0.2) is 18.2 Å². The first-order valence-electron chi connectivity index (χ1n) is 9.99. The van der Waals surface area contributed by atoms with E-state index in [9.17, 15) is 4.79 Å². The lowest BCUT2D eigenvalue weighted by Crippen LogP contribution is -2.42. The fraction of sp³-hybridized carbons (Fsp3) is 0.667. The topological polar surface area (TPSA) is 73.6 Å². The van der Waals surface area contributed by atoms with Gasteiger partial charge in [0.05, 0.1) is 12.5 Å². The van der Waals surface area contributed by atoms with Crippen molar-refractivity contribution < 1.29 is 14.3 Å². The summed E-state index contributed by atoms with van der Waals surface area (Å²) in [6.45, 7) is 4.40. The number of benzene rings is 1. The number of carbonyl (C=O) groups excluding carboxylic acids is 1. The number of rotatable bonds is 5. The van der Waals surface area contributed by atoms with Gasteiger partial charge in [0.2, 0.25) is 5.91 Å². The largest absolute Gasteiger partial charge is 0.493 e. The van der Waals surface area contributed by atoms with Gasteiger partial charge in [-0.1, -0.05) is 6.07 Å². The molecule has 1 aromatic carbocycles. The molecule has 5 nitrogen and oxygen atoms in total. The lowest BCUT2D eigenvalue weighted by molar-refractivity contribution is -0.121. The summed E-state index contributed by atoms with van der Waals surface area (Å²) in [5.41, 5.74) is 8.20. The standard InChI is InChI=1S/C21H30N2O3.ClH/c1-13-2-5-17(11-18(13)26-12-14-6-8-25-9-7-14)23-21(24)19-15-3-4-16(10-15)20(19)22;/h2,5,11,14-16,19-20H,3-4,6-10,12,22H2,1H3,(H,23,24);1H. The highest BCUT2D eigenvalue weighted by Crippen LogP contribution is 2.48. The van der Waals surface area contributed by atoms with E-state index in [2.05, 4.69) is 5.32 Å². The van der Waals surface area contributed by atoms with Gasteiger partial charge in [-0.25, -0.2) is 0 Å². The molecule has 6 heteroatoms. The van der Waals surface area contributed by atoms with Crippen molar-refractivity contribution >= 4 is 24.0 Å². The van der Waals surface area contributed by atoms with Crippen LogP contribution in [0.3, 0.4) is 0 Å². The second kappa shape index (κ2) is 8.80. The van der Waals surface area contributed by atoms with Gasteiger partial charge in [-0.2, -0.15) is 0 Å². The summed E-state index contributed by atoms with van der Waals surface area (Å²) in [5, 5.41) is 3.09. The highest BCUT2D eigenvalue weighted by Gasteiger charge is 2.49. The maximum Gasteiger partial charge on any atom is 0.229 e. The Bertz CT molecular complexity index is 661. The first-order chi connectivity index (χ1) is 12.6. The number of carbonyl (C=O) groups is 1. The summed E-state index contributed by atoms with van der Waals surface area (Å²) in [6, 6.07) is 5.93. The van der Waals surface area contributed by atoms with E-state index < -0.39 is 0 Å². The molecule has 4 rings (SSSR count). The Labute approximate surface area is 167 Å². The van der Waals surface area contributed by atoms with Crippen molar-refractivity contribution in [3.05, 3.63) is 23.8 Å². The number of ether oxygens (including phenoxy) is 2. The minimum atomic E-state index is -0.0401. The van der Waals surface area contributed by atoms with Crippen LogP contribution < -0.4 is 15.8 Å². The molecule has 3 fully saturated rings. The van der Waals surface area contributed by atoms with E-state index in [1.807, 2.05) is 25.1 Å². The lowest BCUT2D eigenvalue weighted by Gasteiger charge is -2.27. The van der Waals surface area contributed by atoms with Crippen LogP contribution in [0.5, 0.6) is 5.75 Å². The molecule has 2 aliphatic carbocycles. The van der Waals surface area contributed by atoms with Crippen LogP contribution in [0, 0.1) is 30.6 Å². The van der Waals surface area contributed by atoms with Crippen LogP contribution in [0.4, 0.5) is 5.69 Å². The molecule has 0 spiro atoms. The fourth-order valence-electron chi connectivity index (χ4n) is 4.90. The number of nitrogens with two attached hydrogens (primary N) is 1. The zero-order valence-corrected chi connectivity index (χ0v) is 16.8. The second-order valence-corrected chi connectivity index (χ2v) is 8.27. The van der Waals surface area contributed by atoms with Crippen molar-refractivity contribution in [1.29, 1.82) is 0 Å². The van der Waals surface area contributed by atoms with E-state index in [0.29, 0.717) is 24.4 Å². The van der Waals surface area contributed by atoms with Crippen molar-refractivity contribution in [2.24, 2.45) is 29.4 Å². The SMILES string of the molecule is Cc1ccc(NC(=O)C2C3CCC(C3)C2N)cc1OCC1CCOCC1.Cl. The van der Waals surface area contributed by atoms with Crippen LogP contribution in [0.2, 0.25) is 0 Å². The molecule has 27 heavy (non-hydrogen) atoms. The summed E-state index contributed by atoms with van der Waals surface area (Å²) >= 11 is 0. The predicted molar refractivity (Wildman–Crippen MR) is 108 cm³/mol. The molecule has 2 bridgehead atoms. The third-order valence-corrected chi connectivity index (χ3v) is 6.55. The zero-order chi connectivity index (χ0) is 18.1. The number of amides is 1. The Morgan fingerprint density at radius 3 is 2.67 bits per heavy atom. The van der Waals surface area contributed by atoms with Gasteiger partial charge in [0.25, 0.3) is 0 Å². The van der Waals surface area contributed by atoms with E-state index in [1.165, 1.54) is 6.42 Å². The molecule has 1 aromatic rings. The van der Waals surface area contributed by atoms with E-state index in [-0.39, 0.29) is 30.3 Å². The molecular weight excluding hydrogens is 364 g/mol. The minimum absolute atomic E-state index is 0. The number of nitrogens with one attached hydrogen (secondary N) is 1. The van der Waals surface area contributed by atoms with E-state index in [1.54, 1.807) is 0 Å². The highest BCUT2D eigenvalue weighted by molar-refractivity contribution is 5.93. The molecule has 3 aliphatic rings. The number of hydrogen-bond donors (Lipinski definition) is 2. The zero-order valence-electron chi connectivity index (χ0n) is 16.0. The molecule has 0 aromatic heterocycles. The van der Waals surface area contributed by atoms with Gasteiger partial charge >= 0.3 is 0 Å². The minimum Gasteiger partial charge on any atom is -0.493 e. The van der Waals surface area contributed by atoms with Gasteiger partial charge in [-0.3, -0.25) is 4.79 Å². The average Bonchev–Trinajstić information content (AvgIpc) is 3.24. The molecule has 150 valence electrons. The summed E-state index contributed by atoms with van der Waals surface area (Å²) in [6.07, 6.45) is 5.55. The highest BCUT2D eigenvalue weighted by atomic mass is 35.5. The number of anilines is 1. The Kier molecular flexibility index (Phi) is 6.66. The maximum absolute atomic E-state index is 12.8. The van der Waals surface area contributed by atoms with Crippen LogP contribution in [-0.4, -0.2) is 31.8 Å². The molecule has 0 radical (unpaired) electrons. The van der Waals surface area contributed by atoms with Gasteiger partial charge in [0, 0.05) is 31.0 Å². The predicted octanol–water partition coefficient (Wildman–Crippen LogP) is 3.53. The molecular formula is C21H31ClN2O3. The quantitative estimate of drug-likeness (QED) is 0.801. The Balaban J connectivity index is 0.00000210. The Hall–Kier alpha value is -1.30. The van der Waals surface area contributed by atoms with Gasteiger partial charge in [-0.05, 0) is 68.4 Å². The number of halogens is 1. The third kappa shape index (κ3) is 4.41. The molecule has 1 amide bonds. The summed E-state index contributed by atoms with van der Waals surface area (Å²) in [5.74, 6) is 2.43. The van der Waals surface area contributed by atoms with Crippen LogP contribution in [0.1, 0.15) is 37.7 Å². The van der Waals surface area contributed by atoms with Crippen molar-refractivity contribution in [3.8, 4) is 5.75 Å². The number of hydrogen-bond acceptors (Lipinski definition) is 4. The molecule has 2 saturated carbocycles. The second-order valence-electron chi connectivity index (χ2n) is 8.27. The van der Waals surface area contributed by atoms with E-state index >= 15 is 0 Å². The Morgan fingerprint density at radius 2 is 1.96 bits per heavy atom. The number of fused-ring (bicyclic) bond motifs is 2. The van der Waals surface area contributed by atoms with Gasteiger partial charge in [0.1, 0.15) is 5.75 Å². The van der Waals surface area contributed by atoms with Crippen molar-refractivity contribution in [2.75, 3.05) is 25.1 Å². The van der Waals surface area contributed by atoms with Crippen LogP contribution in [-0.2, 0) is 9.53 Å².